The van der Waals surface area contributed by atoms with Gasteiger partial charge in [-0.15, -0.1) is 0 Å². The molecule has 0 aliphatic heterocycles. The third-order valence-corrected chi connectivity index (χ3v) is 3.63. The molecule has 0 amide bonds. The molecule has 0 spiro atoms. The first-order valence-corrected chi connectivity index (χ1v) is 7.33. The van der Waals surface area contributed by atoms with E-state index >= 15 is 0 Å². The number of methoxy groups -OCH3 is 2. The zero-order valence-corrected chi connectivity index (χ0v) is 13.5. The minimum Gasteiger partial charge on any atom is -0.497 e. The highest BCUT2D eigenvalue weighted by atomic mass is 16.5. The summed E-state index contributed by atoms with van der Waals surface area (Å²) in [5.74, 6) is 1.87. The maximum absolute atomic E-state index is 5.93. The number of aromatic nitrogens is 2. The normalized spacial score (nSPS) is 11.1. The molecule has 2 aromatic carbocycles. The molecule has 0 atom stereocenters. The number of benzene rings is 2. The molecule has 4 N–H and O–H groups in total. The fourth-order valence-electron chi connectivity index (χ4n) is 2.46. The summed E-state index contributed by atoms with van der Waals surface area (Å²) < 4.78 is 10.6. The van der Waals surface area contributed by atoms with E-state index in [9.17, 15) is 0 Å². The third-order valence-electron chi connectivity index (χ3n) is 3.63. The highest BCUT2D eigenvalue weighted by Crippen LogP contribution is 2.31. The van der Waals surface area contributed by atoms with E-state index in [2.05, 4.69) is 9.97 Å². The van der Waals surface area contributed by atoms with Crippen LogP contribution >= 0.6 is 0 Å². The van der Waals surface area contributed by atoms with E-state index in [0.717, 1.165) is 16.9 Å². The van der Waals surface area contributed by atoms with E-state index in [-0.39, 0.29) is 5.95 Å². The van der Waals surface area contributed by atoms with E-state index in [1.807, 2.05) is 48.6 Å². The average molecular weight is 322 g/mol. The molecule has 0 bridgehead atoms. The van der Waals surface area contributed by atoms with Crippen molar-refractivity contribution in [2.24, 2.45) is 0 Å². The maximum Gasteiger partial charge on any atom is 0.222 e. The first-order valence-electron chi connectivity index (χ1n) is 7.33. The van der Waals surface area contributed by atoms with Crippen LogP contribution in [-0.2, 0) is 0 Å². The second-order valence-electron chi connectivity index (χ2n) is 5.19. The Morgan fingerprint density at radius 2 is 1.58 bits per heavy atom. The zero-order valence-electron chi connectivity index (χ0n) is 13.5. The van der Waals surface area contributed by atoms with Gasteiger partial charge in [0, 0.05) is 0 Å². The van der Waals surface area contributed by atoms with Crippen LogP contribution in [-0.4, -0.2) is 24.2 Å². The molecule has 1 aromatic heterocycles. The summed E-state index contributed by atoms with van der Waals surface area (Å²) >= 11 is 0. The number of hydrogen-bond acceptors (Lipinski definition) is 6. The molecule has 6 heteroatoms. The summed E-state index contributed by atoms with van der Waals surface area (Å²) in [5.41, 5.74) is 14.2. The van der Waals surface area contributed by atoms with Crippen LogP contribution in [0.5, 0.6) is 11.5 Å². The van der Waals surface area contributed by atoms with Crippen LogP contribution in [0.1, 0.15) is 11.1 Å². The number of ether oxygens (including phenoxy) is 2. The van der Waals surface area contributed by atoms with Gasteiger partial charge in [0.1, 0.15) is 17.3 Å². The fraction of sp³-hybridized carbons (Fsp3) is 0.111. The molecule has 0 radical (unpaired) electrons. The summed E-state index contributed by atoms with van der Waals surface area (Å²) in [6.07, 6.45) is 3.96. The van der Waals surface area contributed by atoms with Gasteiger partial charge in [0.05, 0.1) is 25.1 Å². The smallest absolute Gasteiger partial charge is 0.222 e. The Bertz CT molecular complexity index is 905. The van der Waals surface area contributed by atoms with Gasteiger partial charge in [-0.05, 0) is 35.4 Å². The molecule has 6 nitrogen and oxygen atoms in total. The van der Waals surface area contributed by atoms with Gasteiger partial charge in [0.2, 0.25) is 5.95 Å². The van der Waals surface area contributed by atoms with Crippen molar-refractivity contribution in [1.29, 1.82) is 0 Å². The fourth-order valence-corrected chi connectivity index (χ4v) is 2.46. The van der Waals surface area contributed by atoms with Crippen LogP contribution in [0.25, 0.3) is 23.1 Å². The Morgan fingerprint density at radius 3 is 2.25 bits per heavy atom. The molecule has 1 heterocycles. The highest BCUT2D eigenvalue weighted by Gasteiger charge is 2.10. The van der Waals surface area contributed by atoms with E-state index < -0.39 is 0 Å². The van der Waals surface area contributed by atoms with Crippen molar-refractivity contribution < 1.29 is 9.47 Å². The number of anilines is 2. The quantitative estimate of drug-likeness (QED) is 0.717. The minimum absolute atomic E-state index is 0.137. The molecule has 0 saturated heterocycles. The number of nitrogens with zero attached hydrogens (tertiary/aromatic N) is 2. The van der Waals surface area contributed by atoms with Crippen molar-refractivity contribution >= 4 is 34.8 Å². The van der Waals surface area contributed by atoms with Crippen molar-refractivity contribution in [2.45, 2.75) is 0 Å². The van der Waals surface area contributed by atoms with Gasteiger partial charge < -0.3 is 20.9 Å². The summed E-state index contributed by atoms with van der Waals surface area (Å²) in [6, 6.07) is 11.6. The number of fused-ring (bicyclic) bond motifs is 1. The Hall–Kier alpha value is -3.28. The third kappa shape index (κ3) is 3.08. The molecular weight excluding hydrogens is 304 g/mol. The van der Waals surface area contributed by atoms with Crippen LogP contribution in [0, 0.1) is 0 Å². The van der Waals surface area contributed by atoms with Gasteiger partial charge in [-0.3, -0.25) is 0 Å². The number of nitrogens with two attached hydrogens (primary N) is 2. The lowest BCUT2D eigenvalue weighted by atomic mass is 10.1. The Labute approximate surface area is 139 Å². The highest BCUT2D eigenvalue weighted by molar-refractivity contribution is 5.96. The molecule has 122 valence electrons. The standard InChI is InChI=1S/C18H18N4O2/c1-23-13-7-5-11(6-8-13)3-4-12-9-14-16(15(10-12)24-2)17(19)22-18(20)21-14/h3-10H,1-2H3,(H4,19,20,21,22). The van der Waals surface area contributed by atoms with Crippen molar-refractivity contribution in [3.05, 3.63) is 47.5 Å². The van der Waals surface area contributed by atoms with Gasteiger partial charge in [-0.1, -0.05) is 24.3 Å². The van der Waals surface area contributed by atoms with E-state index in [4.69, 9.17) is 20.9 Å². The zero-order chi connectivity index (χ0) is 17.1. The molecule has 0 aliphatic rings. The largest absolute Gasteiger partial charge is 0.497 e. The van der Waals surface area contributed by atoms with E-state index in [0.29, 0.717) is 22.5 Å². The molecule has 24 heavy (non-hydrogen) atoms. The molecule has 0 aliphatic carbocycles. The van der Waals surface area contributed by atoms with Crippen LogP contribution in [0.3, 0.4) is 0 Å². The topological polar surface area (TPSA) is 96.3 Å². The van der Waals surface area contributed by atoms with Crippen LogP contribution < -0.4 is 20.9 Å². The van der Waals surface area contributed by atoms with Gasteiger partial charge in [-0.2, -0.15) is 4.98 Å². The number of rotatable bonds is 4. The Balaban J connectivity index is 2.01. The predicted octanol–water partition coefficient (Wildman–Crippen LogP) is 2.98. The Kier molecular flexibility index (Phi) is 4.20. The molecular formula is C18H18N4O2. The maximum atomic E-state index is 5.93. The Morgan fingerprint density at radius 1 is 0.875 bits per heavy atom. The molecule has 3 rings (SSSR count). The van der Waals surface area contributed by atoms with Gasteiger partial charge in [0.15, 0.2) is 0 Å². The lowest BCUT2D eigenvalue weighted by Crippen LogP contribution is -2.02. The first-order chi connectivity index (χ1) is 11.6. The molecule has 0 unspecified atom stereocenters. The van der Waals surface area contributed by atoms with Gasteiger partial charge >= 0.3 is 0 Å². The number of hydrogen-bond donors (Lipinski definition) is 2. The predicted molar refractivity (Wildman–Crippen MR) is 96.8 cm³/mol. The van der Waals surface area contributed by atoms with Crippen molar-refractivity contribution in [2.75, 3.05) is 25.7 Å². The molecule has 3 aromatic rings. The monoisotopic (exact) mass is 322 g/mol. The minimum atomic E-state index is 0.137. The van der Waals surface area contributed by atoms with Crippen LogP contribution in [0.15, 0.2) is 36.4 Å². The molecule has 0 fully saturated rings. The number of nitrogen functional groups attached to an aromatic ring is 2. The lowest BCUT2D eigenvalue weighted by Gasteiger charge is -2.09. The second-order valence-corrected chi connectivity index (χ2v) is 5.19. The summed E-state index contributed by atoms with van der Waals surface area (Å²) in [7, 11) is 3.23. The van der Waals surface area contributed by atoms with Crippen LogP contribution in [0.2, 0.25) is 0 Å². The van der Waals surface area contributed by atoms with Crippen molar-refractivity contribution in [3.8, 4) is 11.5 Å². The molecule has 0 saturated carbocycles. The van der Waals surface area contributed by atoms with E-state index in [1.54, 1.807) is 14.2 Å². The average Bonchev–Trinajstić information content (AvgIpc) is 2.59. The summed E-state index contributed by atoms with van der Waals surface area (Å²) in [4.78, 5) is 8.22. The summed E-state index contributed by atoms with van der Waals surface area (Å²) in [5, 5.41) is 0.660. The SMILES string of the molecule is COc1ccc(C=Cc2cc(OC)c3c(N)nc(N)nc3c2)cc1. The van der Waals surface area contributed by atoms with Crippen molar-refractivity contribution in [3.63, 3.8) is 0 Å². The second kappa shape index (κ2) is 6.45. The van der Waals surface area contributed by atoms with E-state index in [1.165, 1.54) is 0 Å². The van der Waals surface area contributed by atoms with Gasteiger partial charge in [-0.25, -0.2) is 4.98 Å². The van der Waals surface area contributed by atoms with Crippen LogP contribution in [0.4, 0.5) is 11.8 Å². The van der Waals surface area contributed by atoms with Crippen molar-refractivity contribution in [1.82, 2.24) is 9.97 Å². The summed E-state index contributed by atoms with van der Waals surface area (Å²) in [6.45, 7) is 0. The lowest BCUT2D eigenvalue weighted by molar-refractivity contribution is 0.415. The first kappa shape index (κ1) is 15.6. The van der Waals surface area contributed by atoms with Gasteiger partial charge in [0.25, 0.3) is 0 Å².